The number of piperazine rings is 1. The maximum atomic E-state index is 12.9. The van der Waals surface area contributed by atoms with Crippen molar-refractivity contribution in [3.8, 4) is 0 Å². The Kier molecular flexibility index (Phi) is 5.75. The van der Waals surface area contributed by atoms with E-state index in [0.717, 1.165) is 57.3 Å². The Morgan fingerprint density at radius 3 is 2.55 bits per heavy atom. The molecule has 0 bridgehead atoms. The third kappa shape index (κ3) is 4.11. The van der Waals surface area contributed by atoms with Gasteiger partial charge in [0.15, 0.2) is 0 Å². The van der Waals surface area contributed by atoms with Crippen LogP contribution in [-0.4, -0.2) is 90.8 Å². The van der Waals surface area contributed by atoms with Crippen LogP contribution in [0.15, 0.2) is 18.2 Å². The number of fused-ring (bicyclic) bond motifs is 3. The largest absolute Gasteiger partial charge is 0.345 e. The number of hydrogen-bond acceptors (Lipinski definition) is 5. The van der Waals surface area contributed by atoms with Gasteiger partial charge in [-0.15, -0.1) is 11.3 Å². The highest BCUT2D eigenvalue weighted by atomic mass is 32.1. The molecule has 6 nitrogen and oxygen atoms in total. The van der Waals surface area contributed by atoms with Crippen LogP contribution in [0.1, 0.15) is 40.1 Å². The van der Waals surface area contributed by atoms with Crippen LogP contribution < -0.4 is 0 Å². The second-order valence-electron chi connectivity index (χ2n) is 9.38. The summed E-state index contributed by atoms with van der Waals surface area (Å²) in [5.74, 6) is 0.314. The van der Waals surface area contributed by atoms with Crippen molar-refractivity contribution < 1.29 is 9.59 Å². The first-order valence-electron chi connectivity index (χ1n) is 11.5. The molecule has 1 aromatic carbocycles. The van der Waals surface area contributed by atoms with Crippen LogP contribution in [-0.2, 0) is 17.8 Å². The molecule has 2 fully saturated rings. The van der Waals surface area contributed by atoms with Gasteiger partial charge in [-0.25, -0.2) is 0 Å². The molecule has 1 saturated heterocycles. The molecule has 2 aliphatic heterocycles. The van der Waals surface area contributed by atoms with E-state index in [1.807, 2.05) is 12.1 Å². The van der Waals surface area contributed by atoms with Gasteiger partial charge in [-0.05, 0) is 42.3 Å². The monoisotopic (exact) mass is 440 g/mol. The molecule has 0 atom stereocenters. The average molecular weight is 441 g/mol. The summed E-state index contributed by atoms with van der Waals surface area (Å²) in [7, 11) is 3.57. The number of benzene rings is 1. The standard InChI is InChI=1S/C24H32N4O2S/c1-25(2)24(30)17-6-7-19-20-8-9-26(15-22(20)31-21(19)14-17)16-23(29)28-12-10-27(11-13-28)18-4-3-5-18/h6-7,14,18H,3-5,8-13,15-16H2,1-2H3. The molecule has 31 heavy (non-hydrogen) atoms. The van der Waals surface area contributed by atoms with Gasteiger partial charge < -0.3 is 9.80 Å². The predicted octanol–water partition coefficient (Wildman–Crippen LogP) is 2.66. The molecule has 5 rings (SSSR count). The van der Waals surface area contributed by atoms with Gasteiger partial charge in [0.1, 0.15) is 0 Å². The fourth-order valence-electron chi connectivity index (χ4n) is 5.06. The van der Waals surface area contributed by atoms with Gasteiger partial charge in [-0.3, -0.25) is 19.4 Å². The summed E-state index contributed by atoms with van der Waals surface area (Å²) in [5.41, 5.74) is 2.14. The van der Waals surface area contributed by atoms with Gasteiger partial charge in [-0.2, -0.15) is 0 Å². The van der Waals surface area contributed by atoms with Gasteiger partial charge in [0, 0.05) is 74.5 Å². The van der Waals surface area contributed by atoms with Gasteiger partial charge in [0.05, 0.1) is 6.54 Å². The molecule has 3 heterocycles. The minimum Gasteiger partial charge on any atom is -0.345 e. The quantitative estimate of drug-likeness (QED) is 0.733. The maximum absolute atomic E-state index is 12.9. The highest BCUT2D eigenvalue weighted by Gasteiger charge is 2.30. The fraction of sp³-hybridized carbons (Fsp3) is 0.583. The number of amides is 2. The van der Waals surface area contributed by atoms with E-state index in [1.54, 1.807) is 30.3 Å². The lowest BCUT2D eigenvalue weighted by Crippen LogP contribution is -2.55. The molecule has 3 aliphatic rings. The van der Waals surface area contributed by atoms with Crippen LogP contribution in [0.25, 0.3) is 10.1 Å². The molecular formula is C24H32N4O2S. The number of thiophene rings is 1. The van der Waals surface area contributed by atoms with Crippen LogP contribution in [0, 0.1) is 0 Å². The molecule has 2 aromatic rings. The molecule has 1 aromatic heterocycles. The van der Waals surface area contributed by atoms with Gasteiger partial charge in [0.25, 0.3) is 5.91 Å². The number of carbonyl (C=O) groups excluding carboxylic acids is 2. The fourth-order valence-corrected chi connectivity index (χ4v) is 6.40. The number of nitrogens with zero attached hydrogens (tertiary/aromatic N) is 4. The SMILES string of the molecule is CN(C)C(=O)c1ccc2c3c(sc2c1)CN(CC(=O)N1CCN(C2CCC2)CC1)CC3. The molecule has 1 aliphatic carbocycles. The van der Waals surface area contributed by atoms with Crippen molar-refractivity contribution >= 4 is 33.2 Å². The normalized spacial score (nSPS) is 20.5. The lowest BCUT2D eigenvalue weighted by atomic mass is 9.91. The molecule has 0 spiro atoms. The smallest absolute Gasteiger partial charge is 0.253 e. The van der Waals surface area contributed by atoms with Crippen molar-refractivity contribution in [2.45, 2.75) is 38.3 Å². The number of hydrogen-bond donors (Lipinski definition) is 0. The zero-order valence-corrected chi connectivity index (χ0v) is 19.4. The van der Waals surface area contributed by atoms with E-state index in [2.05, 4.69) is 20.8 Å². The lowest BCUT2D eigenvalue weighted by Gasteiger charge is -2.43. The van der Waals surface area contributed by atoms with Gasteiger partial charge in [0.2, 0.25) is 5.91 Å². The first-order chi connectivity index (χ1) is 15.0. The second-order valence-corrected chi connectivity index (χ2v) is 10.5. The molecule has 0 N–H and O–H groups in total. The van der Waals surface area contributed by atoms with E-state index < -0.39 is 0 Å². The number of rotatable bonds is 4. The minimum absolute atomic E-state index is 0.0397. The van der Waals surface area contributed by atoms with E-state index >= 15 is 0 Å². The maximum Gasteiger partial charge on any atom is 0.253 e. The molecule has 0 unspecified atom stereocenters. The minimum atomic E-state index is 0.0397. The summed E-state index contributed by atoms with van der Waals surface area (Å²) < 4.78 is 1.18. The summed E-state index contributed by atoms with van der Waals surface area (Å²) in [4.78, 5) is 35.1. The summed E-state index contributed by atoms with van der Waals surface area (Å²) in [6.45, 7) is 6.08. The Morgan fingerprint density at radius 1 is 1.10 bits per heavy atom. The molecule has 0 radical (unpaired) electrons. The van der Waals surface area contributed by atoms with Crippen molar-refractivity contribution in [3.05, 3.63) is 34.2 Å². The average Bonchev–Trinajstić information content (AvgIpc) is 3.09. The Morgan fingerprint density at radius 2 is 1.87 bits per heavy atom. The summed E-state index contributed by atoms with van der Waals surface area (Å²) in [6, 6.07) is 6.84. The molecule has 166 valence electrons. The van der Waals surface area contributed by atoms with E-state index in [4.69, 9.17) is 0 Å². The Bertz CT molecular complexity index is 989. The van der Waals surface area contributed by atoms with E-state index in [-0.39, 0.29) is 11.8 Å². The van der Waals surface area contributed by atoms with Crippen LogP contribution in [0.5, 0.6) is 0 Å². The van der Waals surface area contributed by atoms with Crippen LogP contribution in [0.4, 0.5) is 0 Å². The van der Waals surface area contributed by atoms with Gasteiger partial charge >= 0.3 is 0 Å². The molecular weight excluding hydrogens is 408 g/mol. The first kappa shape index (κ1) is 20.9. The Hall–Kier alpha value is -1.96. The molecule has 2 amide bonds. The molecule has 1 saturated carbocycles. The highest BCUT2D eigenvalue weighted by molar-refractivity contribution is 7.19. The zero-order chi connectivity index (χ0) is 21.5. The Balaban J connectivity index is 1.21. The lowest BCUT2D eigenvalue weighted by molar-refractivity contribution is -0.135. The van der Waals surface area contributed by atoms with Crippen molar-refractivity contribution in [2.24, 2.45) is 0 Å². The topological polar surface area (TPSA) is 47.1 Å². The van der Waals surface area contributed by atoms with Crippen molar-refractivity contribution in [1.29, 1.82) is 0 Å². The van der Waals surface area contributed by atoms with Crippen LogP contribution >= 0.6 is 11.3 Å². The van der Waals surface area contributed by atoms with E-state index in [9.17, 15) is 9.59 Å². The Labute approximate surface area is 188 Å². The van der Waals surface area contributed by atoms with Crippen molar-refractivity contribution in [1.82, 2.24) is 19.6 Å². The predicted molar refractivity (Wildman–Crippen MR) is 125 cm³/mol. The highest BCUT2D eigenvalue weighted by Crippen LogP contribution is 2.36. The summed E-state index contributed by atoms with van der Waals surface area (Å²) in [6.07, 6.45) is 5.01. The van der Waals surface area contributed by atoms with Gasteiger partial charge in [-0.1, -0.05) is 12.5 Å². The van der Waals surface area contributed by atoms with Crippen molar-refractivity contribution in [2.75, 3.05) is 53.4 Å². The van der Waals surface area contributed by atoms with Crippen molar-refractivity contribution in [3.63, 3.8) is 0 Å². The summed E-state index contributed by atoms with van der Waals surface area (Å²) in [5, 5.41) is 1.27. The molecule has 7 heteroatoms. The zero-order valence-electron chi connectivity index (χ0n) is 18.6. The summed E-state index contributed by atoms with van der Waals surface area (Å²) >= 11 is 1.78. The number of carbonyl (C=O) groups is 2. The first-order valence-corrected chi connectivity index (χ1v) is 12.3. The van der Waals surface area contributed by atoms with Crippen LogP contribution in [0.3, 0.4) is 0 Å². The van der Waals surface area contributed by atoms with E-state index in [0.29, 0.717) is 6.54 Å². The second kappa shape index (κ2) is 8.52. The van der Waals surface area contributed by atoms with Crippen LogP contribution in [0.2, 0.25) is 0 Å². The third-order valence-corrected chi connectivity index (χ3v) is 8.37. The third-order valence-electron chi connectivity index (χ3n) is 7.19. The van der Waals surface area contributed by atoms with E-state index in [1.165, 1.54) is 39.8 Å².